The SMILES string of the molecule is CCCC[C@@H]1C[C@H](CC2CC[NH2+]C(N)C2)C[C@@H]2C#C[C@H](C3CCCCC3CCC(C)C)C3CC(O)C(OC)CC3CCC(=O)CC(=O)[C@@H]2C1. The van der Waals surface area contributed by atoms with Crippen LogP contribution in [0.25, 0.3) is 0 Å². The van der Waals surface area contributed by atoms with E-state index in [-0.39, 0.29) is 59.8 Å². The first-order valence-electron chi connectivity index (χ1n) is 21.0. The van der Waals surface area contributed by atoms with Crippen molar-refractivity contribution in [2.75, 3.05) is 13.7 Å². The minimum Gasteiger partial charge on any atom is -0.390 e. The first-order valence-corrected chi connectivity index (χ1v) is 21.0. The normalized spacial score (nSPS) is 41.0. The summed E-state index contributed by atoms with van der Waals surface area (Å²) in [5.41, 5.74) is 6.43. The van der Waals surface area contributed by atoms with Gasteiger partial charge in [0.25, 0.3) is 0 Å². The Labute approximate surface area is 299 Å². The van der Waals surface area contributed by atoms with Crippen molar-refractivity contribution >= 4 is 11.6 Å². The number of hydrogen-bond acceptors (Lipinski definition) is 5. The number of nitrogens with two attached hydrogens (primary N) is 2. The lowest BCUT2D eigenvalue weighted by molar-refractivity contribution is -0.699. The predicted molar refractivity (Wildman–Crippen MR) is 197 cm³/mol. The second-order valence-electron chi connectivity index (χ2n) is 18.1. The highest BCUT2D eigenvalue weighted by atomic mass is 16.5. The average molecular weight is 682 g/mol. The second-order valence-corrected chi connectivity index (χ2v) is 18.1. The molecule has 0 amide bonds. The summed E-state index contributed by atoms with van der Waals surface area (Å²) in [5, 5.41) is 13.7. The Morgan fingerprint density at radius 2 is 1.73 bits per heavy atom. The highest BCUT2D eigenvalue weighted by molar-refractivity contribution is 6.00. The molecule has 1 saturated heterocycles. The Morgan fingerprint density at radius 3 is 2.49 bits per heavy atom. The number of Topliss-reactive ketones (excluding diaryl/α,β-unsaturated/α-hetero) is 2. The number of hydrogen-bond donors (Lipinski definition) is 3. The molecular formula is C43H73N2O4+. The van der Waals surface area contributed by atoms with Crippen LogP contribution in [0, 0.1) is 76.9 Å². The van der Waals surface area contributed by atoms with Gasteiger partial charge in [-0.2, -0.15) is 0 Å². The van der Waals surface area contributed by atoms with Crippen LogP contribution in [0.15, 0.2) is 0 Å². The van der Waals surface area contributed by atoms with Gasteiger partial charge in [0.15, 0.2) is 0 Å². The number of fused-ring (bicyclic) bond motifs is 2. The quantitative estimate of drug-likeness (QED) is 0.169. The molecule has 49 heavy (non-hydrogen) atoms. The number of quaternary nitrogens is 1. The third-order valence-electron chi connectivity index (χ3n) is 14.0. The summed E-state index contributed by atoms with van der Waals surface area (Å²) in [7, 11) is 1.71. The zero-order valence-corrected chi connectivity index (χ0v) is 31.8. The number of ether oxygens (including phenoxy) is 1. The fraction of sp³-hybridized carbons (Fsp3) is 0.907. The topological polar surface area (TPSA) is 106 Å². The standard InChI is InChI=1S/C43H72N2O4/c1-5-6-9-29-20-31(21-30-18-19-45-43(44)24-30)22-33-15-17-37(36-11-8-7-10-32(36)13-12-28(2)3)38-27-41(48)42(49-4)25-34(38)14-16-35(46)26-40(47)39(33)23-29/h28-34,36-39,41-43,45,48H,5-14,16,18-27,44H2,1-4H3/p+1/t29-,30?,31-,32?,33+,34?,36?,37-,38?,39-,41?,42?,43?/m1/s1. The Morgan fingerprint density at radius 1 is 0.918 bits per heavy atom. The Balaban J connectivity index is 1.53. The van der Waals surface area contributed by atoms with Crippen LogP contribution in [-0.2, 0) is 14.3 Å². The largest absolute Gasteiger partial charge is 0.390 e. The van der Waals surface area contributed by atoms with E-state index in [0.717, 1.165) is 38.6 Å². The van der Waals surface area contributed by atoms with Crippen LogP contribution in [0.4, 0.5) is 0 Å². The molecule has 5 aliphatic rings. The molecule has 0 aromatic heterocycles. The first-order chi connectivity index (χ1) is 23.6. The molecule has 6 heteroatoms. The van der Waals surface area contributed by atoms with Gasteiger partial charge < -0.3 is 15.2 Å². The van der Waals surface area contributed by atoms with Crippen LogP contribution in [0.1, 0.15) is 149 Å². The van der Waals surface area contributed by atoms with Gasteiger partial charge in [-0.15, -0.1) is 0 Å². The van der Waals surface area contributed by atoms with Crippen molar-refractivity contribution in [2.45, 2.75) is 168 Å². The molecule has 5 rings (SSSR count). The Kier molecular flexibility index (Phi) is 15.1. The van der Waals surface area contributed by atoms with E-state index in [2.05, 4.69) is 37.9 Å². The van der Waals surface area contributed by atoms with Gasteiger partial charge in [0.1, 0.15) is 17.7 Å². The molecule has 5 N–H and O–H groups in total. The first kappa shape index (κ1) is 39.0. The summed E-state index contributed by atoms with van der Waals surface area (Å²) < 4.78 is 5.80. The van der Waals surface area contributed by atoms with E-state index in [1.54, 1.807) is 7.11 Å². The van der Waals surface area contributed by atoms with Crippen molar-refractivity contribution < 1.29 is 24.7 Å². The highest BCUT2D eigenvalue weighted by Crippen LogP contribution is 2.49. The zero-order valence-electron chi connectivity index (χ0n) is 31.8. The van der Waals surface area contributed by atoms with E-state index in [9.17, 15) is 14.7 Å². The van der Waals surface area contributed by atoms with Gasteiger partial charge in [-0.3, -0.25) is 15.3 Å². The van der Waals surface area contributed by atoms with E-state index in [0.29, 0.717) is 48.3 Å². The molecule has 4 fully saturated rings. The van der Waals surface area contributed by atoms with Crippen molar-refractivity contribution in [2.24, 2.45) is 70.8 Å². The van der Waals surface area contributed by atoms with Gasteiger partial charge >= 0.3 is 0 Å². The van der Waals surface area contributed by atoms with Crippen LogP contribution in [0.3, 0.4) is 0 Å². The van der Waals surface area contributed by atoms with E-state index in [1.165, 1.54) is 77.0 Å². The van der Waals surface area contributed by atoms with Gasteiger partial charge in [-0.05, 0) is 112 Å². The van der Waals surface area contributed by atoms with Crippen LogP contribution < -0.4 is 11.1 Å². The molecule has 3 saturated carbocycles. The van der Waals surface area contributed by atoms with Gasteiger partial charge in [0, 0.05) is 37.7 Å². The molecular weight excluding hydrogens is 608 g/mol. The number of aliphatic hydroxyl groups excluding tert-OH is 1. The lowest BCUT2D eigenvalue weighted by atomic mass is 9.60. The summed E-state index contributed by atoms with van der Waals surface area (Å²) in [6.45, 7) is 8.07. The summed E-state index contributed by atoms with van der Waals surface area (Å²) in [5.74, 6) is 12.5. The average Bonchev–Trinajstić information content (AvgIpc) is 3.24. The number of piperidine rings is 1. The summed E-state index contributed by atoms with van der Waals surface area (Å²) in [6.07, 6.45) is 20.0. The molecule has 0 aromatic rings. The van der Waals surface area contributed by atoms with E-state index >= 15 is 0 Å². The number of carbonyl (C=O) groups excluding carboxylic acids is 2. The highest BCUT2D eigenvalue weighted by Gasteiger charge is 2.45. The molecule has 8 unspecified atom stereocenters. The maximum absolute atomic E-state index is 14.2. The van der Waals surface area contributed by atoms with Crippen LogP contribution in [-0.4, -0.2) is 48.7 Å². The summed E-state index contributed by atoms with van der Waals surface area (Å²) in [6, 6.07) is 0. The van der Waals surface area contributed by atoms with E-state index in [4.69, 9.17) is 10.5 Å². The fourth-order valence-electron chi connectivity index (χ4n) is 11.4. The van der Waals surface area contributed by atoms with Crippen molar-refractivity contribution in [1.82, 2.24) is 0 Å². The summed E-state index contributed by atoms with van der Waals surface area (Å²) in [4.78, 5) is 27.8. The fourth-order valence-corrected chi connectivity index (χ4v) is 11.4. The Bertz CT molecular complexity index is 1110. The van der Waals surface area contributed by atoms with Crippen LogP contribution >= 0.6 is 0 Å². The number of aliphatic hydroxyl groups is 1. The van der Waals surface area contributed by atoms with Gasteiger partial charge in [-0.25, -0.2) is 0 Å². The molecule has 4 aliphatic carbocycles. The van der Waals surface area contributed by atoms with Crippen molar-refractivity contribution in [1.29, 1.82) is 0 Å². The monoisotopic (exact) mass is 682 g/mol. The number of rotatable bonds is 10. The number of ketones is 2. The molecule has 0 bridgehead atoms. The second kappa shape index (κ2) is 19.0. The minimum atomic E-state index is -0.494. The predicted octanol–water partition coefficient (Wildman–Crippen LogP) is 7.06. The van der Waals surface area contributed by atoms with Crippen LogP contribution in [0.2, 0.25) is 0 Å². The lowest BCUT2D eigenvalue weighted by Crippen LogP contribution is -2.94. The van der Waals surface area contributed by atoms with Crippen molar-refractivity contribution in [3.05, 3.63) is 0 Å². The third kappa shape index (κ3) is 10.9. The van der Waals surface area contributed by atoms with Crippen molar-refractivity contribution in [3.63, 3.8) is 0 Å². The van der Waals surface area contributed by atoms with Crippen molar-refractivity contribution in [3.8, 4) is 11.8 Å². The van der Waals surface area contributed by atoms with E-state index < -0.39 is 6.10 Å². The van der Waals surface area contributed by atoms with Crippen LogP contribution in [0.5, 0.6) is 0 Å². The summed E-state index contributed by atoms with van der Waals surface area (Å²) >= 11 is 0. The third-order valence-corrected chi connectivity index (χ3v) is 14.0. The molecule has 0 aromatic carbocycles. The molecule has 13 atom stereocenters. The number of methoxy groups -OCH3 is 1. The minimum absolute atomic E-state index is 0.0130. The number of unbranched alkanes of at least 4 members (excludes halogenated alkanes) is 1. The smallest absolute Gasteiger partial charge is 0.144 e. The zero-order chi connectivity index (χ0) is 34.9. The maximum Gasteiger partial charge on any atom is 0.144 e. The Hall–Kier alpha value is -1.26. The molecule has 6 nitrogen and oxygen atoms in total. The number of carbonyl (C=O) groups is 2. The lowest BCUT2D eigenvalue weighted by Gasteiger charge is -2.46. The van der Waals surface area contributed by atoms with Gasteiger partial charge in [0.05, 0.1) is 25.2 Å². The molecule has 1 heterocycles. The van der Waals surface area contributed by atoms with Gasteiger partial charge in [0.2, 0.25) is 0 Å². The molecule has 0 radical (unpaired) electrons. The van der Waals surface area contributed by atoms with E-state index in [1.807, 2.05) is 0 Å². The maximum atomic E-state index is 14.2. The molecule has 278 valence electrons. The van der Waals surface area contributed by atoms with Gasteiger partial charge in [-0.1, -0.05) is 77.6 Å². The molecule has 0 spiro atoms. The molecule has 1 aliphatic heterocycles.